The number of nitrogen functional groups attached to an aromatic ring is 1. The smallest absolute Gasteiger partial charge is 0.143 e. The first-order valence-corrected chi connectivity index (χ1v) is 6.43. The largest absolute Gasteiger partial charge is 0.495 e. The Morgan fingerprint density at radius 2 is 1.83 bits per heavy atom. The predicted molar refractivity (Wildman–Crippen MR) is 76.3 cm³/mol. The molecule has 0 saturated carbocycles. The van der Waals surface area contributed by atoms with E-state index in [0.717, 1.165) is 18.8 Å². The number of anilines is 2. The van der Waals surface area contributed by atoms with Crippen molar-refractivity contribution < 1.29 is 4.74 Å². The van der Waals surface area contributed by atoms with Crippen LogP contribution >= 0.6 is 0 Å². The van der Waals surface area contributed by atoms with E-state index < -0.39 is 0 Å². The highest BCUT2D eigenvalue weighted by atomic mass is 16.5. The van der Waals surface area contributed by atoms with Gasteiger partial charge in [-0.15, -0.1) is 0 Å². The van der Waals surface area contributed by atoms with Crippen molar-refractivity contribution >= 4 is 11.4 Å². The Bertz CT molecular complexity index is 410. The number of methoxy groups -OCH3 is 1. The monoisotopic (exact) mass is 249 g/mol. The molecule has 2 rings (SSSR count). The molecule has 0 aromatic heterocycles. The molecule has 0 amide bonds. The summed E-state index contributed by atoms with van der Waals surface area (Å²) < 4.78 is 5.29. The van der Waals surface area contributed by atoms with Crippen LogP contribution < -0.4 is 15.4 Å². The van der Waals surface area contributed by atoms with Gasteiger partial charge in [0.1, 0.15) is 5.75 Å². The average molecular weight is 249 g/mol. The molecule has 4 heteroatoms. The average Bonchev–Trinajstić information content (AvgIpc) is 2.36. The van der Waals surface area contributed by atoms with Crippen molar-refractivity contribution in [3.8, 4) is 5.75 Å². The minimum atomic E-state index is 0.553. The van der Waals surface area contributed by atoms with E-state index in [1.165, 1.54) is 5.69 Å². The normalized spacial score (nSPS) is 25.2. The Hall–Kier alpha value is -1.42. The molecule has 0 radical (unpaired) electrons. The summed E-state index contributed by atoms with van der Waals surface area (Å²) >= 11 is 0. The van der Waals surface area contributed by atoms with Gasteiger partial charge in [-0.1, -0.05) is 0 Å². The van der Waals surface area contributed by atoms with Gasteiger partial charge in [-0.3, -0.25) is 4.90 Å². The van der Waals surface area contributed by atoms with Crippen LogP contribution in [0.5, 0.6) is 5.75 Å². The number of ether oxygens (including phenoxy) is 1. The van der Waals surface area contributed by atoms with Crippen LogP contribution in [0.25, 0.3) is 0 Å². The van der Waals surface area contributed by atoms with Gasteiger partial charge in [-0.05, 0) is 33.0 Å². The van der Waals surface area contributed by atoms with Crippen LogP contribution in [0.1, 0.15) is 13.8 Å². The molecule has 1 fully saturated rings. The minimum absolute atomic E-state index is 0.553. The number of nitrogens with two attached hydrogens (primary N) is 1. The second kappa shape index (κ2) is 5.06. The molecule has 1 saturated heterocycles. The maximum Gasteiger partial charge on any atom is 0.143 e. The van der Waals surface area contributed by atoms with Crippen molar-refractivity contribution in [2.75, 3.05) is 37.9 Å². The molecule has 1 aliphatic heterocycles. The fraction of sp³-hybridized carbons (Fsp3) is 0.571. The highest BCUT2D eigenvalue weighted by molar-refractivity contribution is 5.62. The molecule has 2 unspecified atom stereocenters. The zero-order valence-electron chi connectivity index (χ0n) is 11.7. The van der Waals surface area contributed by atoms with E-state index >= 15 is 0 Å². The third kappa shape index (κ3) is 2.38. The van der Waals surface area contributed by atoms with Crippen molar-refractivity contribution in [2.45, 2.75) is 25.9 Å². The minimum Gasteiger partial charge on any atom is -0.495 e. The summed E-state index contributed by atoms with van der Waals surface area (Å²) in [5, 5.41) is 0. The molecule has 0 aliphatic carbocycles. The van der Waals surface area contributed by atoms with Gasteiger partial charge < -0.3 is 15.4 Å². The van der Waals surface area contributed by atoms with Gasteiger partial charge in [0, 0.05) is 36.9 Å². The topological polar surface area (TPSA) is 41.7 Å². The van der Waals surface area contributed by atoms with Crippen LogP contribution in [-0.4, -0.2) is 44.2 Å². The molecule has 1 aromatic rings. The van der Waals surface area contributed by atoms with E-state index in [2.05, 4.69) is 36.8 Å². The van der Waals surface area contributed by atoms with Crippen LogP contribution in [0, 0.1) is 0 Å². The molecular weight excluding hydrogens is 226 g/mol. The standard InChI is InChI=1S/C14H23N3O/c1-10-8-17(9-11(2)16(10)3)12-5-6-13(15)14(7-12)18-4/h5-7,10-11H,8-9,15H2,1-4H3. The van der Waals surface area contributed by atoms with E-state index in [9.17, 15) is 0 Å². The number of piperazine rings is 1. The van der Waals surface area contributed by atoms with Gasteiger partial charge in [0.25, 0.3) is 0 Å². The van der Waals surface area contributed by atoms with Crippen molar-refractivity contribution in [1.29, 1.82) is 0 Å². The molecule has 2 N–H and O–H groups in total. The van der Waals surface area contributed by atoms with E-state index in [-0.39, 0.29) is 0 Å². The zero-order chi connectivity index (χ0) is 13.3. The van der Waals surface area contributed by atoms with Crippen molar-refractivity contribution in [3.63, 3.8) is 0 Å². The first kappa shape index (κ1) is 13.0. The van der Waals surface area contributed by atoms with Gasteiger partial charge in [-0.25, -0.2) is 0 Å². The number of hydrogen-bond acceptors (Lipinski definition) is 4. The highest BCUT2D eigenvalue weighted by Crippen LogP contribution is 2.29. The highest BCUT2D eigenvalue weighted by Gasteiger charge is 2.26. The molecule has 100 valence electrons. The molecule has 18 heavy (non-hydrogen) atoms. The lowest BCUT2D eigenvalue weighted by atomic mass is 10.1. The van der Waals surface area contributed by atoms with Gasteiger partial charge in [0.15, 0.2) is 0 Å². The second-order valence-electron chi connectivity index (χ2n) is 5.19. The summed E-state index contributed by atoms with van der Waals surface area (Å²) in [4.78, 5) is 4.82. The fourth-order valence-electron chi connectivity index (χ4n) is 2.51. The van der Waals surface area contributed by atoms with Crippen LogP contribution in [0.2, 0.25) is 0 Å². The van der Waals surface area contributed by atoms with Crippen LogP contribution in [-0.2, 0) is 0 Å². The number of rotatable bonds is 2. The Labute approximate surface area is 109 Å². The lowest BCUT2D eigenvalue weighted by Crippen LogP contribution is -2.55. The Morgan fingerprint density at radius 3 is 2.39 bits per heavy atom. The molecule has 1 heterocycles. The number of benzene rings is 1. The van der Waals surface area contributed by atoms with Gasteiger partial charge in [0.2, 0.25) is 0 Å². The Morgan fingerprint density at radius 1 is 1.22 bits per heavy atom. The first-order chi connectivity index (χ1) is 8.52. The van der Waals surface area contributed by atoms with Crippen LogP contribution in [0.3, 0.4) is 0 Å². The van der Waals surface area contributed by atoms with Crippen molar-refractivity contribution in [2.24, 2.45) is 0 Å². The summed E-state index contributed by atoms with van der Waals surface area (Å²) in [6.45, 7) is 6.59. The van der Waals surface area contributed by atoms with Gasteiger partial charge >= 0.3 is 0 Å². The van der Waals surface area contributed by atoms with Gasteiger partial charge in [0.05, 0.1) is 12.8 Å². The second-order valence-corrected chi connectivity index (χ2v) is 5.19. The Kier molecular flexibility index (Phi) is 3.66. The van der Waals surface area contributed by atoms with Crippen LogP contribution in [0.4, 0.5) is 11.4 Å². The molecular formula is C14H23N3O. The zero-order valence-corrected chi connectivity index (χ0v) is 11.7. The van der Waals surface area contributed by atoms with E-state index in [1.54, 1.807) is 7.11 Å². The summed E-state index contributed by atoms with van der Waals surface area (Å²) in [7, 11) is 3.85. The van der Waals surface area contributed by atoms with Gasteiger partial charge in [-0.2, -0.15) is 0 Å². The molecule has 0 spiro atoms. The summed E-state index contributed by atoms with van der Waals surface area (Å²) in [6.07, 6.45) is 0. The first-order valence-electron chi connectivity index (χ1n) is 6.43. The van der Waals surface area contributed by atoms with Crippen molar-refractivity contribution in [3.05, 3.63) is 18.2 Å². The van der Waals surface area contributed by atoms with Crippen molar-refractivity contribution in [1.82, 2.24) is 4.90 Å². The maximum absolute atomic E-state index is 5.85. The summed E-state index contributed by atoms with van der Waals surface area (Å²) in [5.74, 6) is 0.756. The predicted octanol–water partition coefficient (Wildman–Crippen LogP) is 1.81. The van der Waals surface area contributed by atoms with E-state index in [4.69, 9.17) is 10.5 Å². The third-order valence-corrected chi connectivity index (χ3v) is 3.94. The summed E-state index contributed by atoms with van der Waals surface area (Å²) in [5.41, 5.74) is 7.73. The molecule has 4 nitrogen and oxygen atoms in total. The lowest BCUT2D eigenvalue weighted by molar-refractivity contribution is 0.170. The summed E-state index contributed by atoms with van der Waals surface area (Å²) in [6, 6.07) is 7.12. The lowest BCUT2D eigenvalue weighted by Gasteiger charge is -2.43. The Balaban J connectivity index is 2.21. The SMILES string of the molecule is COc1cc(N2CC(C)N(C)C(C)C2)ccc1N. The quantitative estimate of drug-likeness (QED) is 0.812. The third-order valence-electron chi connectivity index (χ3n) is 3.94. The number of nitrogens with zero attached hydrogens (tertiary/aromatic N) is 2. The molecule has 0 bridgehead atoms. The van der Waals surface area contributed by atoms with E-state index in [0.29, 0.717) is 17.8 Å². The maximum atomic E-state index is 5.85. The molecule has 2 atom stereocenters. The molecule has 1 aliphatic rings. The number of likely N-dealkylation sites (N-methyl/N-ethyl adjacent to an activating group) is 1. The van der Waals surface area contributed by atoms with E-state index in [1.807, 2.05) is 12.1 Å². The van der Waals surface area contributed by atoms with Crippen LogP contribution in [0.15, 0.2) is 18.2 Å². The number of hydrogen-bond donors (Lipinski definition) is 1. The fourth-order valence-corrected chi connectivity index (χ4v) is 2.51. The molecule has 1 aromatic carbocycles.